The zero-order valence-corrected chi connectivity index (χ0v) is 9.13. The first-order valence-electron chi connectivity index (χ1n) is 4.55. The first-order chi connectivity index (χ1) is 5.79. The van der Waals surface area contributed by atoms with Crippen LogP contribution >= 0.6 is 0 Å². The molecule has 13 heavy (non-hydrogen) atoms. The summed E-state index contributed by atoms with van der Waals surface area (Å²) in [5, 5.41) is 18.1. The molecule has 74 valence electrons. The van der Waals surface area contributed by atoms with Gasteiger partial charge < -0.3 is 5.11 Å². The van der Waals surface area contributed by atoms with Gasteiger partial charge in [-0.2, -0.15) is 5.26 Å². The van der Waals surface area contributed by atoms with Crippen molar-refractivity contribution in [3.8, 4) is 6.07 Å². The van der Waals surface area contributed by atoms with Crippen molar-refractivity contribution in [3.05, 3.63) is 11.6 Å². The Hall–Kier alpha value is -0.810. The summed E-state index contributed by atoms with van der Waals surface area (Å²) in [7, 11) is 0. The Labute approximate surface area is 80.9 Å². The van der Waals surface area contributed by atoms with E-state index in [0.29, 0.717) is 0 Å². The number of rotatable bonds is 2. The topological polar surface area (TPSA) is 44.0 Å². The van der Waals surface area contributed by atoms with Crippen LogP contribution in [-0.2, 0) is 0 Å². The van der Waals surface area contributed by atoms with E-state index in [1.807, 2.05) is 13.0 Å². The number of nitrogens with zero attached hydrogens (tertiary/aromatic N) is 1. The Morgan fingerprint density at radius 1 is 1.46 bits per heavy atom. The van der Waals surface area contributed by atoms with Crippen LogP contribution in [0, 0.1) is 22.7 Å². The minimum absolute atomic E-state index is 0.0656. The van der Waals surface area contributed by atoms with Crippen molar-refractivity contribution in [2.24, 2.45) is 11.3 Å². The van der Waals surface area contributed by atoms with Crippen molar-refractivity contribution in [3.63, 3.8) is 0 Å². The molecule has 2 atom stereocenters. The fourth-order valence-corrected chi connectivity index (χ4v) is 0.727. The maximum Gasteiger partial charge on any atom is 0.0879 e. The lowest BCUT2D eigenvalue weighted by molar-refractivity contribution is 0.186. The van der Waals surface area contributed by atoms with Crippen molar-refractivity contribution < 1.29 is 5.11 Å². The van der Waals surface area contributed by atoms with Gasteiger partial charge >= 0.3 is 0 Å². The molecule has 0 heterocycles. The lowest BCUT2D eigenvalue weighted by atomic mass is 9.86. The molecule has 0 rings (SSSR count). The summed E-state index contributed by atoms with van der Waals surface area (Å²) in [4.78, 5) is 0. The van der Waals surface area contributed by atoms with Gasteiger partial charge in [-0.05, 0) is 19.3 Å². The van der Waals surface area contributed by atoms with Gasteiger partial charge in [0.05, 0.1) is 18.1 Å². The molecular weight excluding hydrogens is 162 g/mol. The molecule has 2 unspecified atom stereocenters. The standard InChI is InChI=1S/C11H19NO/c1-8(7-12)10(13)6-9(2)11(3,4)5/h6,8,10,13H,1-5H3/b9-6-. The van der Waals surface area contributed by atoms with Crippen LogP contribution < -0.4 is 0 Å². The molecule has 0 aromatic carbocycles. The second-order valence-electron chi connectivity index (χ2n) is 4.51. The quantitative estimate of drug-likeness (QED) is 0.665. The monoisotopic (exact) mass is 181 g/mol. The lowest BCUT2D eigenvalue weighted by Gasteiger charge is -2.21. The van der Waals surface area contributed by atoms with Gasteiger partial charge in [0.15, 0.2) is 0 Å². The number of aliphatic hydroxyl groups excluding tert-OH is 1. The first-order valence-corrected chi connectivity index (χ1v) is 4.55. The summed E-state index contributed by atoms with van der Waals surface area (Å²) in [6, 6.07) is 2.03. The molecule has 2 heteroatoms. The largest absolute Gasteiger partial charge is 0.388 e. The van der Waals surface area contributed by atoms with E-state index in [2.05, 4.69) is 20.8 Å². The van der Waals surface area contributed by atoms with E-state index in [-0.39, 0.29) is 11.3 Å². The van der Waals surface area contributed by atoms with Crippen LogP contribution in [0.25, 0.3) is 0 Å². The summed E-state index contributed by atoms with van der Waals surface area (Å²) >= 11 is 0. The van der Waals surface area contributed by atoms with Gasteiger partial charge in [0.2, 0.25) is 0 Å². The fraction of sp³-hybridized carbons (Fsp3) is 0.727. The highest BCUT2D eigenvalue weighted by Gasteiger charge is 2.16. The molecule has 0 saturated heterocycles. The van der Waals surface area contributed by atoms with Crippen LogP contribution in [0.15, 0.2) is 11.6 Å². The molecule has 0 spiro atoms. The number of aliphatic hydroxyl groups is 1. The van der Waals surface area contributed by atoms with E-state index in [1.54, 1.807) is 13.0 Å². The second-order valence-corrected chi connectivity index (χ2v) is 4.51. The summed E-state index contributed by atoms with van der Waals surface area (Å²) in [5.41, 5.74) is 1.18. The van der Waals surface area contributed by atoms with Crippen LogP contribution in [0.3, 0.4) is 0 Å². The summed E-state index contributed by atoms with van der Waals surface area (Å²) < 4.78 is 0. The third-order valence-electron chi connectivity index (χ3n) is 2.32. The number of allylic oxidation sites excluding steroid dienone is 1. The van der Waals surface area contributed by atoms with Crippen LogP contribution in [0.1, 0.15) is 34.6 Å². The van der Waals surface area contributed by atoms with E-state index in [9.17, 15) is 5.11 Å². The first kappa shape index (κ1) is 12.2. The Balaban J connectivity index is 4.50. The molecule has 0 radical (unpaired) electrons. The van der Waals surface area contributed by atoms with E-state index in [0.717, 1.165) is 5.57 Å². The molecule has 0 bridgehead atoms. The van der Waals surface area contributed by atoms with Gasteiger partial charge in [0, 0.05) is 0 Å². The highest BCUT2D eigenvalue weighted by Crippen LogP contribution is 2.25. The predicted molar refractivity (Wildman–Crippen MR) is 54.0 cm³/mol. The Morgan fingerprint density at radius 2 is 1.92 bits per heavy atom. The third-order valence-corrected chi connectivity index (χ3v) is 2.32. The predicted octanol–water partition coefficient (Wildman–Crippen LogP) is 2.50. The molecule has 2 nitrogen and oxygen atoms in total. The summed E-state index contributed by atoms with van der Waals surface area (Å²) in [6.07, 6.45) is 1.12. The maximum absolute atomic E-state index is 9.55. The molecule has 0 fully saturated rings. The Kier molecular flexibility index (Phi) is 4.16. The molecule has 0 aromatic heterocycles. The molecule has 0 saturated carbocycles. The normalized spacial score (nSPS) is 17.8. The fourth-order valence-electron chi connectivity index (χ4n) is 0.727. The zero-order chi connectivity index (χ0) is 10.6. The van der Waals surface area contributed by atoms with Gasteiger partial charge in [0.1, 0.15) is 0 Å². The van der Waals surface area contributed by atoms with Gasteiger partial charge in [-0.1, -0.05) is 32.4 Å². The molecular formula is C11H19NO. The second kappa shape index (κ2) is 4.43. The summed E-state index contributed by atoms with van der Waals surface area (Å²) in [6.45, 7) is 9.96. The van der Waals surface area contributed by atoms with Crippen LogP contribution in [0.5, 0.6) is 0 Å². The average molecular weight is 181 g/mol. The van der Waals surface area contributed by atoms with E-state index in [4.69, 9.17) is 5.26 Å². The molecule has 0 aliphatic heterocycles. The minimum atomic E-state index is -0.649. The van der Waals surface area contributed by atoms with Crippen LogP contribution in [-0.4, -0.2) is 11.2 Å². The number of hydrogen-bond donors (Lipinski definition) is 1. The summed E-state index contributed by atoms with van der Waals surface area (Å²) in [5.74, 6) is -0.336. The van der Waals surface area contributed by atoms with E-state index < -0.39 is 6.10 Å². The van der Waals surface area contributed by atoms with Crippen LogP contribution in [0.4, 0.5) is 0 Å². The zero-order valence-electron chi connectivity index (χ0n) is 9.13. The number of hydrogen-bond acceptors (Lipinski definition) is 2. The van der Waals surface area contributed by atoms with Crippen LogP contribution in [0.2, 0.25) is 0 Å². The van der Waals surface area contributed by atoms with E-state index >= 15 is 0 Å². The van der Waals surface area contributed by atoms with E-state index in [1.165, 1.54) is 0 Å². The molecule has 0 aliphatic carbocycles. The van der Waals surface area contributed by atoms with Crippen molar-refractivity contribution in [1.29, 1.82) is 5.26 Å². The Morgan fingerprint density at radius 3 is 2.23 bits per heavy atom. The molecule has 0 aromatic rings. The molecule has 1 N–H and O–H groups in total. The van der Waals surface area contributed by atoms with Gasteiger partial charge in [-0.3, -0.25) is 0 Å². The Bertz CT molecular complexity index is 229. The van der Waals surface area contributed by atoms with Crippen molar-refractivity contribution >= 4 is 0 Å². The average Bonchev–Trinajstić information content (AvgIpc) is 2.01. The van der Waals surface area contributed by atoms with Gasteiger partial charge in [-0.15, -0.1) is 0 Å². The molecule has 0 amide bonds. The SMILES string of the molecule is C/C(=C/C(O)C(C)C#N)C(C)(C)C. The highest BCUT2D eigenvalue weighted by atomic mass is 16.3. The smallest absolute Gasteiger partial charge is 0.0879 e. The maximum atomic E-state index is 9.55. The minimum Gasteiger partial charge on any atom is -0.388 e. The number of nitriles is 1. The van der Waals surface area contributed by atoms with Gasteiger partial charge in [0.25, 0.3) is 0 Å². The van der Waals surface area contributed by atoms with Gasteiger partial charge in [-0.25, -0.2) is 0 Å². The van der Waals surface area contributed by atoms with Crippen molar-refractivity contribution in [2.45, 2.75) is 40.7 Å². The van der Waals surface area contributed by atoms with Crippen molar-refractivity contribution in [1.82, 2.24) is 0 Å². The third kappa shape index (κ3) is 4.10. The highest BCUT2D eigenvalue weighted by molar-refractivity contribution is 5.12. The lowest BCUT2D eigenvalue weighted by Crippen LogP contribution is -2.16. The van der Waals surface area contributed by atoms with Crippen molar-refractivity contribution in [2.75, 3.05) is 0 Å². The molecule has 0 aliphatic rings.